The molecule has 0 radical (unpaired) electrons. The third-order valence-electron chi connectivity index (χ3n) is 5.04. The van der Waals surface area contributed by atoms with E-state index in [9.17, 15) is 9.18 Å². The average Bonchev–Trinajstić information content (AvgIpc) is 3.09. The number of hydrogen-bond acceptors (Lipinski definition) is 3. The van der Waals surface area contributed by atoms with Crippen LogP contribution in [0.5, 0.6) is 0 Å². The number of nitrogens with one attached hydrogen (secondary N) is 2. The molecule has 1 saturated heterocycles. The van der Waals surface area contributed by atoms with Crippen LogP contribution in [0.1, 0.15) is 25.3 Å². The Hall–Kier alpha value is -1.84. The van der Waals surface area contributed by atoms with Crippen molar-refractivity contribution in [3.05, 3.63) is 35.8 Å². The van der Waals surface area contributed by atoms with Crippen LogP contribution in [0, 0.1) is 11.7 Å². The fraction of sp³-hybridized carbons (Fsp3) is 0.500. The van der Waals surface area contributed by atoms with E-state index in [-0.39, 0.29) is 41.7 Å². The van der Waals surface area contributed by atoms with Crippen molar-refractivity contribution in [1.29, 1.82) is 0 Å². The van der Waals surface area contributed by atoms with Crippen LogP contribution in [-0.4, -0.2) is 55.1 Å². The molecule has 154 valence electrons. The number of aromatic nitrogens is 1. The zero-order valence-electron chi connectivity index (χ0n) is 16.3. The molecule has 1 aliphatic heterocycles. The minimum atomic E-state index is -0.237. The lowest BCUT2D eigenvalue weighted by Crippen LogP contribution is -2.46. The Morgan fingerprint density at radius 1 is 1.39 bits per heavy atom. The molecule has 0 spiro atoms. The lowest BCUT2D eigenvalue weighted by atomic mass is 9.97. The van der Waals surface area contributed by atoms with Crippen molar-refractivity contribution in [1.82, 2.24) is 15.2 Å². The molecular formula is C20H28FIN4O2. The normalized spacial score (nSPS) is 15.4. The molecule has 3 rings (SSSR count). The van der Waals surface area contributed by atoms with Gasteiger partial charge in [-0.15, -0.1) is 24.0 Å². The van der Waals surface area contributed by atoms with Gasteiger partial charge in [-0.25, -0.2) is 4.39 Å². The number of halogens is 2. The maximum Gasteiger partial charge on any atom is 0.308 e. The van der Waals surface area contributed by atoms with E-state index in [1.807, 2.05) is 19.2 Å². The lowest BCUT2D eigenvalue weighted by Gasteiger charge is -2.33. The van der Waals surface area contributed by atoms with E-state index in [0.717, 1.165) is 61.3 Å². The molecule has 6 nitrogen and oxygen atoms in total. The van der Waals surface area contributed by atoms with Gasteiger partial charge in [0.25, 0.3) is 0 Å². The van der Waals surface area contributed by atoms with Crippen molar-refractivity contribution in [3.63, 3.8) is 0 Å². The van der Waals surface area contributed by atoms with E-state index in [0.29, 0.717) is 6.54 Å². The molecule has 0 saturated carbocycles. The summed E-state index contributed by atoms with van der Waals surface area (Å²) in [7, 11) is 1.44. The number of esters is 1. The molecule has 1 fully saturated rings. The van der Waals surface area contributed by atoms with E-state index in [1.165, 1.54) is 19.2 Å². The van der Waals surface area contributed by atoms with Gasteiger partial charge >= 0.3 is 5.97 Å². The number of hydrogen-bond donors (Lipinski definition) is 2. The zero-order valence-corrected chi connectivity index (χ0v) is 18.7. The number of benzene rings is 1. The molecule has 1 aromatic carbocycles. The number of carbonyl (C=O) groups is 1. The third kappa shape index (κ3) is 5.36. The summed E-state index contributed by atoms with van der Waals surface area (Å²) in [5, 5.41) is 4.37. The van der Waals surface area contributed by atoms with Crippen molar-refractivity contribution in [2.24, 2.45) is 10.9 Å². The van der Waals surface area contributed by atoms with E-state index < -0.39 is 0 Å². The first kappa shape index (κ1) is 22.4. The number of carbonyl (C=O) groups excluding carboxylic acids is 1. The summed E-state index contributed by atoms with van der Waals surface area (Å²) < 4.78 is 18.2. The van der Waals surface area contributed by atoms with Crippen LogP contribution in [0.4, 0.5) is 4.39 Å². The lowest BCUT2D eigenvalue weighted by molar-refractivity contribution is -0.146. The average molecular weight is 502 g/mol. The van der Waals surface area contributed by atoms with E-state index >= 15 is 0 Å². The molecule has 8 heteroatoms. The molecule has 0 amide bonds. The van der Waals surface area contributed by atoms with Gasteiger partial charge in [0, 0.05) is 43.3 Å². The number of guanidine groups is 1. The quantitative estimate of drug-likeness (QED) is 0.285. The molecule has 2 heterocycles. The maximum atomic E-state index is 13.3. The van der Waals surface area contributed by atoms with Crippen LogP contribution >= 0.6 is 24.0 Å². The molecule has 1 aromatic heterocycles. The predicted octanol–water partition coefficient (Wildman–Crippen LogP) is 3.32. The Bertz CT molecular complexity index is 816. The van der Waals surface area contributed by atoms with Crippen LogP contribution < -0.4 is 5.32 Å². The summed E-state index contributed by atoms with van der Waals surface area (Å²) in [6.07, 6.45) is 4.27. The Labute approximate surface area is 181 Å². The standard InChI is InChI=1S/C20H27FN4O2.HI/c1-3-22-20(25-10-7-14(8-11-25)19(26)27-2)23-9-6-15-13-24-18-12-16(21)4-5-17(15)18;/h4-5,12-14,24H,3,6-11H2,1-2H3,(H,22,23);1H. The highest BCUT2D eigenvalue weighted by Crippen LogP contribution is 2.20. The van der Waals surface area contributed by atoms with Crippen molar-refractivity contribution in [2.45, 2.75) is 26.2 Å². The first-order chi connectivity index (χ1) is 13.1. The number of H-pyrrole nitrogens is 1. The number of nitrogens with zero attached hydrogens (tertiary/aromatic N) is 2. The minimum Gasteiger partial charge on any atom is -0.469 e. The first-order valence-electron chi connectivity index (χ1n) is 9.49. The molecule has 0 atom stereocenters. The van der Waals surface area contributed by atoms with Gasteiger partial charge in [0.1, 0.15) is 5.82 Å². The molecule has 0 aliphatic carbocycles. The summed E-state index contributed by atoms with van der Waals surface area (Å²) in [4.78, 5) is 21.8. The highest BCUT2D eigenvalue weighted by Gasteiger charge is 2.26. The highest BCUT2D eigenvalue weighted by molar-refractivity contribution is 14.0. The molecule has 28 heavy (non-hydrogen) atoms. The molecule has 0 unspecified atom stereocenters. The maximum absolute atomic E-state index is 13.3. The fourth-order valence-corrected chi connectivity index (χ4v) is 3.57. The number of fused-ring (bicyclic) bond motifs is 1. The molecule has 2 N–H and O–H groups in total. The largest absolute Gasteiger partial charge is 0.469 e. The predicted molar refractivity (Wildman–Crippen MR) is 120 cm³/mol. The molecule has 0 bridgehead atoms. The summed E-state index contributed by atoms with van der Waals surface area (Å²) in [6, 6.07) is 4.80. The monoisotopic (exact) mass is 502 g/mol. The second kappa shape index (κ2) is 10.6. The first-order valence-corrected chi connectivity index (χ1v) is 9.49. The van der Waals surface area contributed by atoms with Crippen LogP contribution in [0.15, 0.2) is 29.4 Å². The number of aromatic amines is 1. The van der Waals surface area contributed by atoms with Gasteiger partial charge in [-0.1, -0.05) is 0 Å². The second-order valence-electron chi connectivity index (χ2n) is 6.77. The number of rotatable bonds is 5. The Kier molecular flexibility index (Phi) is 8.53. The van der Waals surface area contributed by atoms with Gasteiger partial charge in [-0.05, 0) is 49.9 Å². The summed E-state index contributed by atoms with van der Waals surface area (Å²) >= 11 is 0. The Morgan fingerprint density at radius 3 is 2.82 bits per heavy atom. The van der Waals surface area contributed by atoms with Gasteiger partial charge in [-0.3, -0.25) is 9.79 Å². The second-order valence-corrected chi connectivity index (χ2v) is 6.77. The third-order valence-corrected chi connectivity index (χ3v) is 5.04. The summed E-state index contributed by atoms with van der Waals surface area (Å²) in [5.74, 6) is 0.513. The van der Waals surface area contributed by atoms with E-state index in [4.69, 9.17) is 9.73 Å². The van der Waals surface area contributed by atoms with Gasteiger partial charge < -0.3 is 19.9 Å². The van der Waals surface area contributed by atoms with Crippen molar-refractivity contribution >= 4 is 46.8 Å². The van der Waals surface area contributed by atoms with E-state index in [1.54, 1.807) is 0 Å². The number of piperidine rings is 1. The zero-order chi connectivity index (χ0) is 19.2. The Morgan fingerprint density at radius 2 is 2.14 bits per heavy atom. The van der Waals surface area contributed by atoms with Gasteiger partial charge in [0.2, 0.25) is 0 Å². The van der Waals surface area contributed by atoms with Crippen LogP contribution in [0.2, 0.25) is 0 Å². The van der Waals surface area contributed by atoms with Crippen LogP contribution in [-0.2, 0) is 16.0 Å². The van der Waals surface area contributed by atoms with Gasteiger partial charge in [-0.2, -0.15) is 0 Å². The smallest absolute Gasteiger partial charge is 0.308 e. The number of aliphatic imine (C=N–C) groups is 1. The van der Waals surface area contributed by atoms with Crippen LogP contribution in [0.3, 0.4) is 0 Å². The fourth-order valence-electron chi connectivity index (χ4n) is 3.57. The topological polar surface area (TPSA) is 69.7 Å². The van der Waals surface area contributed by atoms with Gasteiger partial charge in [0.15, 0.2) is 5.96 Å². The summed E-state index contributed by atoms with van der Waals surface area (Å²) in [6.45, 7) is 5.06. The highest BCUT2D eigenvalue weighted by atomic mass is 127. The minimum absolute atomic E-state index is 0. The van der Waals surface area contributed by atoms with E-state index in [2.05, 4.69) is 15.2 Å². The molecule has 2 aromatic rings. The SMILES string of the molecule is CCNC(=NCCc1c[nH]c2cc(F)ccc12)N1CCC(C(=O)OC)CC1.I. The van der Waals surface area contributed by atoms with Crippen molar-refractivity contribution in [2.75, 3.05) is 33.3 Å². The molecule has 1 aliphatic rings. The van der Waals surface area contributed by atoms with Crippen LogP contribution in [0.25, 0.3) is 10.9 Å². The van der Waals surface area contributed by atoms with Crippen molar-refractivity contribution < 1.29 is 13.9 Å². The number of ether oxygens (including phenoxy) is 1. The number of likely N-dealkylation sites (tertiary alicyclic amines) is 1. The number of methoxy groups -OCH3 is 1. The summed E-state index contributed by atoms with van der Waals surface area (Å²) in [5.41, 5.74) is 1.94. The van der Waals surface area contributed by atoms with Gasteiger partial charge in [0.05, 0.1) is 13.0 Å². The Balaban J connectivity index is 0.00000280. The van der Waals surface area contributed by atoms with Crippen molar-refractivity contribution in [3.8, 4) is 0 Å². The molecular weight excluding hydrogens is 474 g/mol.